The first-order chi connectivity index (χ1) is 11.4. The van der Waals surface area contributed by atoms with Crippen LogP contribution in [0.5, 0.6) is 0 Å². The molecule has 2 fully saturated rings. The number of likely N-dealkylation sites (N-methyl/N-ethyl adjacent to an activating group) is 1. The van der Waals surface area contributed by atoms with Gasteiger partial charge < -0.3 is 14.5 Å². The summed E-state index contributed by atoms with van der Waals surface area (Å²) in [4.78, 5) is 27.5. The molecule has 0 saturated carbocycles. The number of likely N-dealkylation sites (tertiary alicyclic amines) is 1. The van der Waals surface area contributed by atoms with Gasteiger partial charge in [-0.2, -0.15) is 5.26 Å². The minimum atomic E-state index is -0.602. The zero-order chi connectivity index (χ0) is 17.3. The summed E-state index contributed by atoms with van der Waals surface area (Å²) in [5, 5.41) is 8.92. The molecule has 2 amide bonds. The lowest BCUT2D eigenvalue weighted by Gasteiger charge is -2.25. The molecule has 0 N–H and O–H groups in total. The van der Waals surface area contributed by atoms with Gasteiger partial charge in [-0.3, -0.25) is 4.79 Å². The Morgan fingerprint density at radius 3 is 2.79 bits per heavy atom. The Morgan fingerprint density at radius 2 is 2.12 bits per heavy atom. The van der Waals surface area contributed by atoms with E-state index in [0.29, 0.717) is 38.9 Å². The van der Waals surface area contributed by atoms with Crippen molar-refractivity contribution in [2.24, 2.45) is 0 Å². The van der Waals surface area contributed by atoms with Gasteiger partial charge in [-0.25, -0.2) is 9.18 Å². The molecule has 6 nitrogen and oxygen atoms in total. The van der Waals surface area contributed by atoms with E-state index in [1.54, 1.807) is 16.8 Å². The van der Waals surface area contributed by atoms with Crippen LogP contribution in [-0.4, -0.2) is 54.1 Å². The van der Waals surface area contributed by atoms with Crippen LogP contribution < -0.4 is 0 Å². The zero-order valence-electron chi connectivity index (χ0n) is 13.4. The van der Waals surface area contributed by atoms with E-state index in [1.807, 2.05) is 6.07 Å². The number of amides is 2. The number of nitriles is 1. The molecule has 1 spiro atoms. The SMILES string of the molecule is CN1C[C@@]2(CCCN(C(=O)c3cc(F)cc(C#N)c3)CC2)OC1=O. The topological polar surface area (TPSA) is 73.6 Å². The lowest BCUT2D eigenvalue weighted by molar-refractivity contribution is 0.0438. The predicted molar refractivity (Wildman–Crippen MR) is 82.7 cm³/mol. The summed E-state index contributed by atoms with van der Waals surface area (Å²) in [6.07, 6.45) is 1.61. The monoisotopic (exact) mass is 331 g/mol. The molecule has 0 aliphatic carbocycles. The van der Waals surface area contributed by atoms with E-state index in [-0.39, 0.29) is 23.1 Å². The number of halogens is 1. The van der Waals surface area contributed by atoms with Crippen LogP contribution in [0.2, 0.25) is 0 Å². The van der Waals surface area contributed by atoms with Crippen LogP contribution in [0.4, 0.5) is 9.18 Å². The van der Waals surface area contributed by atoms with Gasteiger partial charge in [0.05, 0.1) is 18.2 Å². The van der Waals surface area contributed by atoms with Crippen molar-refractivity contribution in [3.63, 3.8) is 0 Å². The van der Waals surface area contributed by atoms with Gasteiger partial charge in [0.25, 0.3) is 5.91 Å². The Labute approximate surface area is 139 Å². The standard InChI is InChI=1S/C17H18FN3O3/c1-20-11-17(24-16(20)23)3-2-5-21(6-4-17)15(22)13-7-12(10-19)8-14(18)9-13/h7-9H,2-6,11H2,1H3/t17-/m0/s1. The van der Waals surface area contributed by atoms with E-state index in [0.717, 1.165) is 12.1 Å². The molecular weight excluding hydrogens is 313 g/mol. The van der Waals surface area contributed by atoms with E-state index < -0.39 is 11.4 Å². The molecule has 3 rings (SSSR count). The van der Waals surface area contributed by atoms with E-state index in [4.69, 9.17) is 10.00 Å². The second-order valence-corrected chi connectivity index (χ2v) is 6.39. The van der Waals surface area contributed by atoms with Crippen LogP contribution in [0.3, 0.4) is 0 Å². The second kappa shape index (κ2) is 6.11. The smallest absolute Gasteiger partial charge is 0.410 e. The lowest BCUT2D eigenvalue weighted by atomic mass is 9.95. The van der Waals surface area contributed by atoms with E-state index in [9.17, 15) is 14.0 Å². The third-order valence-electron chi connectivity index (χ3n) is 4.60. The summed E-state index contributed by atoms with van der Waals surface area (Å²) in [5.41, 5.74) is -0.250. The highest BCUT2D eigenvalue weighted by atomic mass is 19.1. The summed E-state index contributed by atoms with van der Waals surface area (Å²) in [6.45, 7) is 1.46. The molecular formula is C17H18FN3O3. The van der Waals surface area contributed by atoms with Gasteiger partial charge in [-0.05, 0) is 31.0 Å². The molecule has 126 valence electrons. The van der Waals surface area contributed by atoms with Crippen molar-refractivity contribution in [3.8, 4) is 6.07 Å². The molecule has 2 aliphatic heterocycles. The van der Waals surface area contributed by atoms with Gasteiger partial charge in [-0.15, -0.1) is 0 Å². The van der Waals surface area contributed by atoms with Crippen molar-refractivity contribution in [1.29, 1.82) is 5.26 Å². The minimum Gasteiger partial charge on any atom is -0.441 e. The Morgan fingerprint density at radius 1 is 1.33 bits per heavy atom. The Balaban J connectivity index is 1.75. The minimum absolute atomic E-state index is 0.121. The highest BCUT2D eigenvalue weighted by Gasteiger charge is 2.44. The van der Waals surface area contributed by atoms with Gasteiger partial charge in [0.2, 0.25) is 0 Å². The zero-order valence-corrected chi connectivity index (χ0v) is 13.4. The van der Waals surface area contributed by atoms with Crippen molar-refractivity contribution < 1.29 is 18.7 Å². The molecule has 0 bridgehead atoms. The van der Waals surface area contributed by atoms with Crippen molar-refractivity contribution >= 4 is 12.0 Å². The summed E-state index contributed by atoms with van der Waals surface area (Å²) in [5.74, 6) is -0.907. The highest BCUT2D eigenvalue weighted by molar-refractivity contribution is 5.94. The molecule has 0 aromatic heterocycles. The molecule has 0 unspecified atom stereocenters. The summed E-state index contributed by atoms with van der Waals surface area (Å²) >= 11 is 0. The lowest BCUT2D eigenvalue weighted by Crippen LogP contribution is -2.36. The Kier molecular flexibility index (Phi) is 4.14. The summed E-state index contributed by atoms with van der Waals surface area (Å²) in [6, 6.07) is 5.50. The first-order valence-corrected chi connectivity index (χ1v) is 7.86. The number of hydrogen-bond acceptors (Lipinski definition) is 4. The first-order valence-electron chi connectivity index (χ1n) is 7.86. The van der Waals surface area contributed by atoms with Crippen molar-refractivity contribution in [2.45, 2.75) is 24.9 Å². The maximum atomic E-state index is 13.6. The fraction of sp³-hybridized carbons (Fsp3) is 0.471. The second-order valence-electron chi connectivity index (χ2n) is 6.39. The molecule has 2 saturated heterocycles. The van der Waals surface area contributed by atoms with Gasteiger partial charge >= 0.3 is 6.09 Å². The molecule has 1 aromatic rings. The van der Waals surface area contributed by atoms with Crippen LogP contribution >= 0.6 is 0 Å². The van der Waals surface area contributed by atoms with Crippen molar-refractivity contribution in [1.82, 2.24) is 9.80 Å². The number of benzene rings is 1. The number of carbonyl (C=O) groups excluding carboxylic acids is 2. The van der Waals surface area contributed by atoms with Gasteiger partial charge in [0, 0.05) is 32.1 Å². The highest BCUT2D eigenvalue weighted by Crippen LogP contribution is 2.32. The molecule has 1 aromatic carbocycles. The van der Waals surface area contributed by atoms with Crippen LogP contribution in [0.25, 0.3) is 0 Å². The van der Waals surface area contributed by atoms with Crippen LogP contribution in [0.1, 0.15) is 35.2 Å². The molecule has 2 aliphatic rings. The number of nitrogens with zero attached hydrogens (tertiary/aromatic N) is 3. The predicted octanol–water partition coefficient (Wildman–Crippen LogP) is 2.14. The van der Waals surface area contributed by atoms with Gasteiger partial charge in [0.15, 0.2) is 0 Å². The number of ether oxygens (including phenoxy) is 1. The average Bonchev–Trinajstić information content (AvgIpc) is 2.72. The van der Waals surface area contributed by atoms with Crippen molar-refractivity contribution in [2.75, 3.05) is 26.7 Å². The van der Waals surface area contributed by atoms with Crippen molar-refractivity contribution in [3.05, 3.63) is 35.1 Å². The van der Waals surface area contributed by atoms with Crippen LogP contribution in [0, 0.1) is 17.1 Å². The normalized spacial score (nSPS) is 23.8. The fourth-order valence-corrected chi connectivity index (χ4v) is 3.38. The number of hydrogen-bond donors (Lipinski definition) is 0. The number of carbonyl (C=O) groups is 2. The molecule has 1 atom stereocenters. The van der Waals surface area contributed by atoms with Crippen LogP contribution in [0.15, 0.2) is 18.2 Å². The Hall–Kier alpha value is -2.62. The molecule has 0 radical (unpaired) electrons. The van der Waals surface area contributed by atoms with Gasteiger partial charge in [-0.1, -0.05) is 0 Å². The fourth-order valence-electron chi connectivity index (χ4n) is 3.38. The largest absolute Gasteiger partial charge is 0.441 e. The van der Waals surface area contributed by atoms with Crippen LogP contribution in [-0.2, 0) is 4.74 Å². The molecule has 7 heteroatoms. The summed E-state index contributed by atoms with van der Waals surface area (Å²) < 4.78 is 19.1. The van der Waals surface area contributed by atoms with E-state index in [1.165, 1.54) is 6.07 Å². The average molecular weight is 331 g/mol. The van der Waals surface area contributed by atoms with E-state index in [2.05, 4.69) is 0 Å². The first kappa shape index (κ1) is 16.2. The third-order valence-corrected chi connectivity index (χ3v) is 4.60. The van der Waals surface area contributed by atoms with Gasteiger partial charge in [0.1, 0.15) is 11.4 Å². The molecule has 24 heavy (non-hydrogen) atoms. The third kappa shape index (κ3) is 3.04. The number of rotatable bonds is 1. The summed E-state index contributed by atoms with van der Waals surface area (Å²) in [7, 11) is 1.70. The Bertz CT molecular complexity index is 730. The molecule has 2 heterocycles. The van der Waals surface area contributed by atoms with E-state index >= 15 is 0 Å². The maximum Gasteiger partial charge on any atom is 0.410 e. The quantitative estimate of drug-likeness (QED) is 0.790. The maximum absolute atomic E-state index is 13.6.